The molecule has 1 N–H and O–H groups in total. The second-order valence-electron chi connectivity index (χ2n) is 6.51. The predicted octanol–water partition coefficient (Wildman–Crippen LogP) is 3.66. The first-order chi connectivity index (χ1) is 8.54. The summed E-state index contributed by atoms with van der Waals surface area (Å²) in [5, 5.41) is 3.76. The molecule has 2 heteroatoms. The Balaban J connectivity index is 2.17. The summed E-state index contributed by atoms with van der Waals surface area (Å²) < 4.78 is 0. The van der Waals surface area contributed by atoms with Gasteiger partial charge in [0.25, 0.3) is 0 Å². The Morgan fingerprint density at radius 1 is 1.00 bits per heavy atom. The zero-order chi connectivity index (χ0) is 13.5. The monoisotopic (exact) mass is 254 g/mol. The minimum atomic E-state index is 0.655. The van der Waals surface area contributed by atoms with E-state index in [0.29, 0.717) is 12.1 Å². The summed E-state index contributed by atoms with van der Waals surface area (Å²) in [5.74, 6) is 1.01. The van der Waals surface area contributed by atoms with Crippen LogP contribution >= 0.6 is 0 Å². The van der Waals surface area contributed by atoms with E-state index in [9.17, 15) is 0 Å². The lowest BCUT2D eigenvalue weighted by Crippen LogP contribution is -2.44. The maximum absolute atomic E-state index is 3.76. The molecule has 0 aliphatic heterocycles. The number of rotatable bonds is 7. The van der Waals surface area contributed by atoms with Crippen LogP contribution in [0.4, 0.5) is 0 Å². The van der Waals surface area contributed by atoms with Crippen LogP contribution in [0.2, 0.25) is 0 Å². The van der Waals surface area contributed by atoms with Crippen molar-refractivity contribution >= 4 is 0 Å². The molecule has 0 spiro atoms. The van der Waals surface area contributed by atoms with Crippen LogP contribution in [0.5, 0.6) is 0 Å². The zero-order valence-electron chi connectivity index (χ0n) is 13.2. The summed E-state index contributed by atoms with van der Waals surface area (Å²) in [6.45, 7) is 13.9. The molecule has 0 unspecified atom stereocenters. The van der Waals surface area contributed by atoms with Crippen LogP contribution in [-0.2, 0) is 0 Å². The van der Waals surface area contributed by atoms with E-state index in [1.807, 2.05) is 0 Å². The first kappa shape index (κ1) is 16.0. The molecule has 0 radical (unpaired) electrons. The fourth-order valence-corrected chi connectivity index (χ4v) is 3.29. The molecule has 2 nitrogen and oxygen atoms in total. The summed E-state index contributed by atoms with van der Waals surface area (Å²) in [6.07, 6.45) is 7.03. The Bertz CT molecular complexity index is 197. The number of nitrogens with zero attached hydrogens (tertiary/aromatic N) is 1. The van der Waals surface area contributed by atoms with Gasteiger partial charge in [-0.25, -0.2) is 0 Å². The van der Waals surface area contributed by atoms with Crippen LogP contribution in [0.1, 0.15) is 66.7 Å². The normalized spacial score (nSPS) is 25.3. The third kappa shape index (κ3) is 5.27. The standard InChI is InChI=1S/C16H34N2/c1-6-15-7-9-16(10-8-15)17-11-12-18(13(2)3)14(4)5/h13-17H,6-12H2,1-5H3. The highest BCUT2D eigenvalue weighted by Crippen LogP contribution is 2.26. The molecule has 1 fully saturated rings. The van der Waals surface area contributed by atoms with Gasteiger partial charge in [-0.15, -0.1) is 0 Å². The summed E-state index contributed by atoms with van der Waals surface area (Å²) in [6, 6.07) is 2.10. The smallest absolute Gasteiger partial charge is 0.0112 e. The Hall–Kier alpha value is -0.0800. The van der Waals surface area contributed by atoms with Crippen LogP contribution in [0.15, 0.2) is 0 Å². The van der Waals surface area contributed by atoms with Crippen molar-refractivity contribution in [3.8, 4) is 0 Å². The van der Waals surface area contributed by atoms with Crippen LogP contribution < -0.4 is 5.32 Å². The maximum Gasteiger partial charge on any atom is 0.0112 e. The van der Waals surface area contributed by atoms with Crippen molar-refractivity contribution in [3.05, 3.63) is 0 Å². The molecule has 1 aliphatic rings. The minimum absolute atomic E-state index is 0.655. The Kier molecular flexibility index (Phi) is 7.25. The minimum Gasteiger partial charge on any atom is -0.313 e. The molecule has 0 aromatic heterocycles. The van der Waals surface area contributed by atoms with E-state index in [-0.39, 0.29) is 0 Å². The summed E-state index contributed by atoms with van der Waals surface area (Å²) in [4.78, 5) is 2.57. The fourth-order valence-electron chi connectivity index (χ4n) is 3.29. The molecule has 1 saturated carbocycles. The highest BCUT2D eigenvalue weighted by atomic mass is 15.2. The molecule has 0 amide bonds. The Morgan fingerprint density at radius 2 is 1.56 bits per heavy atom. The summed E-state index contributed by atoms with van der Waals surface area (Å²) in [5.41, 5.74) is 0. The number of hydrogen-bond acceptors (Lipinski definition) is 2. The molecule has 0 heterocycles. The molecule has 18 heavy (non-hydrogen) atoms. The maximum atomic E-state index is 3.76. The average molecular weight is 254 g/mol. The van der Waals surface area contributed by atoms with E-state index in [1.165, 1.54) is 38.6 Å². The largest absolute Gasteiger partial charge is 0.313 e. The van der Waals surface area contributed by atoms with Gasteiger partial charge in [-0.1, -0.05) is 13.3 Å². The first-order valence-corrected chi connectivity index (χ1v) is 8.03. The van der Waals surface area contributed by atoms with Crippen LogP contribution in [-0.4, -0.2) is 36.1 Å². The van der Waals surface area contributed by atoms with Gasteiger partial charge in [-0.05, 0) is 59.3 Å². The molecule has 1 aliphatic carbocycles. The van der Waals surface area contributed by atoms with Gasteiger partial charge in [-0.2, -0.15) is 0 Å². The lowest BCUT2D eigenvalue weighted by molar-refractivity contribution is 0.170. The van der Waals surface area contributed by atoms with E-state index in [1.54, 1.807) is 0 Å². The number of nitrogens with one attached hydrogen (secondary N) is 1. The van der Waals surface area contributed by atoms with Crippen molar-refractivity contribution in [3.63, 3.8) is 0 Å². The first-order valence-electron chi connectivity index (χ1n) is 8.03. The van der Waals surface area contributed by atoms with Crippen LogP contribution in [0.25, 0.3) is 0 Å². The quantitative estimate of drug-likeness (QED) is 0.746. The molecule has 0 aromatic carbocycles. The Labute approximate surface area is 115 Å². The van der Waals surface area contributed by atoms with E-state index >= 15 is 0 Å². The van der Waals surface area contributed by atoms with Crippen LogP contribution in [0, 0.1) is 5.92 Å². The van der Waals surface area contributed by atoms with Crippen molar-refractivity contribution in [1.29, 1.82) is 0 Å². The lowest BCUT2D eigenvalue weighted by Gasteiger charge is -2.33. The van der Waals surface area contributed by atoms with Crippen molar-refractivity contribution < 1.29 is 0 Å². The third-order valence-electron chi connectivity index (χ3n) is 4.55. The third-order valence-corrected chi connectivity index (χ3v) is 4.55. The van der Waals surface area contributed by atoms with Crippen molar-refractivity contribution in [2.24, 2.45) is 5.92 Å². The van der Waals surface area contributed by atoms with E-state index in [4.69, 9.17) is 0 Å². The second kappa shape index (κ2) is 8.16. The molecule has 0 atom stereocenters. The van der Waals surface area contributed by atoms with Crippen molar-refractivity contribution in [2.45, 2.75) is 84.8 Å². The molecule has 0 saturated heterocycles. The average Bonchev–Trinajstić information content (AvgIpc) is 2.34. The molecule has 0 bridgehead atoms. The lowest BCUT2D eigenvalue weighted by atomic mass is 9.84. The van der Waals surface area contributed by atoms with Gasteiger partial charge < -0.3 is 5.32 Å². The highest BCUT2D eigenvalue weighted by Gasteiger charge is 2.20. The Morgan fingerprint density at radius 3 is 2.00 bits per heavy atom. The van der Waals surface area contributed by atoms with Gasteiger partial charge in [-0.3, -0.25) is 4.90 Å². The van der Waals surface area contributed by atoms with Gasteiger partial charge in [0.15, 0.2) is 0 Å². The fraction of sp³-hybridized carbons (Fsp3) is 1.00. The summed E-state index contributed by atoms with van der Waals surface area (Å²) >= 11 is 0. The van der Waals surface area contributed by atoms with E-state index in [2.05, 4.69) is 44.8 Å². The van der Waals surface area contributed by atoms with E-state index in [0.717, 1.165) is 18.5 Å². The predicted molar refractivity (Wildman–Crippen MR) is 81.0 cm³/mol. The van der Waals surface area contributed by atoms with Gasteiger partial charge in [0.1, 0.15) is 0 Å². The van der Waals surface area contributed by atoms with Crippen molar-refractivity contribution in [2.75, 3.05) is 13.1 Å². The topological polar surface area (TPSA) is 15.3 Å². The second-order valence-corrected chi connectivity index (χ2v) is 6.51. The van der Waals surface area contributed by atoms with Crippen molar-refractivity contribution in [1.82, 2.24) is 10.2 Å². The van der Waals surface area contributed by atoms with Gasteiger partial charge in [0.05, 0.1) is 0 Å². The molecule has 108 valence electrons. The zero-order valence-corrected chi connectivity index (χ0v) is 13.2. The van der Waals surface area contributed by atoms with E-state index < -0.39 is 0 Å². The molecule has 0 aromatic rings. The molecular weight excluding hydrogens is 220 g/mol. The molecule has 1 rings (SSSR count). The van der Waals surface area contributed by atoms with Crippen LogP contribution in [0.3, 0.4) is 0 Å². The van der Waals surface area contributed by atoms with Gasteiger partial charge >= 0.3 is 0 Å². The van der Waals surface area contributed by atoms with Gasteiger partial charge in [0, 0.05) is 31.2 Å². The van der Waals surface area contributed by atoms with Gasteiger partial charge in [0.2, 0.25) is 0 Å². The SMILES string of the molecule is CCC1CCC(NCCN(C(C)C)C(C)C)CC1. The highest BCUT2D eigenvalue weighted by molar-refractivity contribution is 4.77. The number of hydrogen-bond donors (Lipinski definition) is 1. The molecular formula is C16H34N2. The summed E-state index contributed by atoms with van der Waals surface area (Å²) in [7, 11) is 0.